The summed E-state index contributed by atoms with van der Waals surface area (Å²) in [5.41, 5.74) is 0. The second kappa shape index (κ2) is 7.36. The first-order valence-electron chi connectivity index (χ1n) is 7.12. The van der Waals surface area contributed by atoms with Crippen molar-refractivity contribution in [2.24, 2.45) is 0 Å². The van der Waals surface area contributed by atoms with Crippen molar-refractivity contribution in [1.29, 1.82) is 0 Å². The number of hydrogen-bond donors (Lipinski definition) is 0. The van der Waals surface area contributed by atoms with Crippen LogP contribution in [0.1, 0.15) is 59.8 Å². The van der Waals surface area contributed by atoms with Crippen LogP contribution in [0.2, 0.25) is 0 Å². The molecule has 0 aromatic heterocycles. The lowest BCUT2D eigenvalue weighted by Crippen LogP contribution is -2.47. The van der Waals surface area contributed by atoms with Crippen molar-refractivity contribution >= 4 is 12.2 Å². The molecule has 0 aromatic rings. The van der Waals surface area contributed by atoms with Gasteiger partial charge < -0.3 is 9.47 Å². The van der Waals surface area contributed by atoms with Gasteiger partial charge in [-0.05, 0) is 40.5 Å². The van der Waals surface area contributed by atoms with Gasteiger partial charge in [0.25, 0.3) is 0 Å². The second-order valence-corrected chi connectivity index (χ2v) is 5.53. The van der Waals surface area contributed by atoms with Crippen LogP contribution in [-0.4, -0.2) is 35.3 Å². The van der Waals surface area contributed by atoms with Gasteiger partial charge in [-0.1, -0.05) is 19.3 Å². The highest BCUT2D eigenvalue weighted by Gasteiger charge is 2.34. The van der Waals surface area contributed by atoms with Crippen molar-refractivity contribution in [1.82, 2.24) is 4.90 Å². The predicted octanol–water partition coefficient (Wildman–Crippen LogP) is 3.71. The first-order valence-corrected chi connectivity index (χ1v) is 7.12. The number of rotatable bonds is 3. The van der Waals surface area contributed by atoms with Gasteiger partial charge in [0, 0.05) is 6.04 Å². The van der Waals surface area contributed by atoms with E-state index in [2.05, 4.69) is 0 Å². The normalized spacial score (nSPS) is 16.5. The largest absolute Gasteiger partial charge is 0.446 e. The molecule has 0 N–H and O–H groups in total. The molecule has 0 spiro atoms. The van der Waals surface area contributed by atoms with E-state index in [1.807, 2.05) is 0 Å². The summed E-state index contributed by atoms with van der Waals surface area (Å²) >= 11 is 0. The average molecular weight is 271 g/mol. The third kappa shape index (κ3) is 5.09. The van der Waals surface area contributed by atoms with Crippen molar-refractivity contribution in [3.63, 3.8) is 0 Å². The lowest BCUT2D eigenvalue weighted by atomic mass is 9.95. The van der Waals surface area contributed by atoms with Crippen LogP contribution in [0.25, 0.3) is 0 Å². The Hall–Kier alpha value is -1.26. The number of carbonyl (C=O) groups is 2. The van der Waals surface area contributed by atoms with E-state index in [0.29, 0.717) is 0 Å². The average Bonchev–Trinajstić information content (AvgIpc) is 2.28. The molecular weight excluding hydrogens is 246 g/mol. The molecule has 19 heavy (non-hydrogen) atoms. The number of imide groups is 1. The molecule has 0 heterocycles. The van der Waals surface area contributed by atoms with Gasteiger partial charge in [0.15, 0.2) is 0 Å². The summed E-state index contributed by atoms with van der Waals surface area (Å²) in [5.74, 6) is 0. The van der Waals surface area contributed by atoms with Crippen molar-refractivity contribution < 1.29 is 19.1 Å². The van der Waals surface area contributed by atoms with E-state index in [1.54, 1.807) is 27.7 Å². The molecule has 0 radical (unpaired) electrons. The molecule has 110 valence electrons. The highest BCUT2D eigenvalue weighted by atomic mass is 16.6. The molecular formula is C14H25NO4. The lowest BCUT2D eigenvalue weighted by Gasteiger charge is -2.32. The van der Waals surface area contributed by atoms with Crippen molar-refractivity contribution in [3.8, 4) is 0 Å². The minimum atomic E-state index is -0.590. The molecule has 1 rings (SSSR count). The van der Waals surface area contributed by atoms with Gasteiger partial charge in [-0.2, -0.15) is 0 Å². The first-order chi connectivity index (χ1) is 8.91. The number of amides is 2. The minimum absolute atomic E-state index is 0.0914. The number of nitrogens with zero attached hydrogens (tertiary/aromatic N) is 1. The van der Waals surface area contributed by atoms with E-state index in [1.165, 1.54) is 4.90 Å². The van der Waals surface area contributed by atoms with Gasteiger partial charge in [-0.25, -0.2) is 14.5 Å². The second-order valence-electron chi connectivity index (χ2n) is 5.53. The van der Waals surface area contributed by atoms with E-state index in [0.717, 1.165) is 32.1 Å². The molecule has 2 amide bonds. The molecule has 0 aliphatic heterocycles. The summed E-state index contributed by atoms with van der Waals surface area (Å²) in [6.07, 6.45) is 3.22. The quantitative estimate of drug-likeness (QED) is 0.785. The van der Waals surface area contributed by atoms with Crippen LogP contribution in [0.3, 0.4) is 0 Å². The molecule has 1 saturated carbocycles. The minimum Gasteiger partial charge on any atom is -0.446 e. The molecule has 5 heteroatoms. The summed E-state index contributed by atoms with van der Waals surface area (Å²) in [4.78, 5) is 25.3. The molecule has 0 saturated heterocycles. The van der Waals surface area contributed by atoms with E-state index < -0.39 is 12.2 Å². The SMILES string of the molecule is CC(C)OC(=O)N(C(=O)OC(C)C)C1CCCCC1. The van der Waals surface area contributed by atoms with Crippen LogP contribution >= 0.6 is 0 Å². The van der Waals surface area contributed by atoms with Crippen molar-refractivity contribution in [2.75, 3.05) is 0 Å². The van der Waals surface area contributed by atoms with Crippen LogP contribution in [0, 0.1) is 0 Å². The topological polar surface area (TPSA) is 55.8 Å². The van der Waals surface area contributed by atoms with E-state index >= 15 is 0 Å². The molecule has 0 atom stereocenters. The van der Waals surface area contributed by atoms with E-state index in [4.69, 9.17) is 9.47 Å². The van der Waals surface area contributed by atoms with Crippen molar-refractivity contribution in [2.45, 2.75) is 78.0 Å². The van der Waals surface area contributed by atoms with Gasteiger partial charge in [0.1, 0.15) is 0 Å². The van der Waals surface area contributed by atoms with Gasteiger partial charge in [-0.15, -0.1) is 0 Å². The lowest BCUT2D eigenvalue weighted by molar-refractivity contribution is 0.0336. The van der Waals surface area contributed by atoms with E-state index in [9.17, 15) is 9.59 Å². The first kappa shape index (κ1) is 15.8. The fraction of sp³-hybridized carbons (Fsp3) is 0.857. The van der Waals surface area contributed by atoms with Crippen LogP contribution < -0.4 is 0 Å². The Morgan fingerprint density at radius 3 is 1.68 bits per heavy atom. The molecule has 0 aromatic carbocycles. The van der Waals surface area contributed by atoms with Gasteiger partial charge in [-0.3, -0.25) is 0 Å². The smallest absolute Gasteiger partial charge is 0.419 e. The maximum atomic E-state index is 12.1. The Balaban J connectivity index is 2.76. The summed E-state index contributed by atoms with van der Waals surface area (Å²) < 4.78 is 10.3. The maximum Gasteiger partial charge on any atom is 0.419 e. The van der Waals surface area contributed by atoms with E-state index in [-0.39, 0.29) is 18.2 Å². The summed E-state index contributed by atoms with van der Waals surface area (Å²) in [6.45, 7) is 7.07. The third-order valence-corrected chi connectivity index (χ3v) is 3.01. The number of carbonyl (C=O) groups excluding carboxylic acids is 2. The molecule has 0 unspecified atom stereocenters. The number of ether oxygens (including phenoxy) is 2. The van der Waals surface area contributed by atoms with Crippen LogP contribution in [0.4, 0.5) is 9.59 Å². The van der Waals surface area contributed by atoms with Crippen LogP contribution in [0.5, 0.6) is 0 Å². The Morgan fingerprint density at radius 2 is 1.32 bits per heavy atom. The molecule has 1 aliphatic carbocycles. The maximum absolute atomic E-state index is 12.1. The fourth-order valence-electron chi connectivity index (χ4n) is 2.23. The van der Waals surface area contributed by atoms with Gasteiger partial charge in [0.2, 0.25) is 0 Å². The monoisotopic (exact) mass is 271 g/mol. The zero-order valence-corrected chi connectivity index (χ0v) is 12.3. The standard InChI is InChI=1S/C14H25NO4/c1-10(2)18-13(16)15(14(17)19-11(3)4)12-8-6-5-7-9-12/h10-12H,5-9H2,1-4H3. The Bertz CT molecular complexity index is 287. The fourth-order valence-corrected chi connectivity index (χ4v) is 2.23. The Kier molecular flexibility index (Phi) is 6.12. The van der Waals surface area contributed by atoms with Crippen LogP contribution in [0.15, 0.2) is 0 Å². The highest BCUT2D eigenvalue weighted by molar-refractivity contribution is 5.88. The summed E-state index contributed by atoms with van der Waals surface area (Å²) in [5, 5.41) is 0. The zero-order valence-electron chi connectivity index (χ0n) is 12.3. The highest BCUT2D eigenvalue weighted by Crippen LogP contribution is 2.24. The van der Waals surface area contributed by atoms with Gasteiger partial charge in [0.05, 0.1) is 12.2 Å². The molecule has 1 fully saturated rings. The Labute approximate surface area is 115 Å². The predicted molar refractivity (Wildman–Crippen MR) is 71.9 cm³/mol. The van der Waals surface area contributed by atoms with Crippen LogP contribution in [-0.2, 0) is 9.47 Å². The summed E-state index contributed by atoms with van der Waals surface area (Å²) in [7, 11) is 0. The molecule has 5 nitrogen and oxygen atoms in total. The number of hydrogen-bond acceptors (Lipinski definition) is 4. The molecule has 1 aliphatic rings. The van der Waals surface area contributed by atoms with Gasteiger partial charge >= 0.3 is 12.2 Å². The zero-order chi connectivity index (χ0) is 14.4. The third-order valence-electron chi connectivity index (χ3n) is 3.01. The summed E-state index contributed by atoms with van der Waals surface area (Å²) in [6, 6.07) is -0.0914. The van der Waals surface area contributed by atoms with Crippen molar-refractivity contribution in [3.05, 3.63) is 0 Å². The Morgan fingerprint density at radius 1 is 0.895 bits per heavy atom. The molecule has 0 bridgehead atoms.